The number of rotatable bonds is 8. The second-order valence-corrected chi connectivity index (χ2v) is 4.41. The monoisotopic (exact) mass is 228 g/mol. The summed E-state index contributed by atoms with van der Waals surface area (Å²) in [6.45, 7) is 7.86. The van der Waals surface area contributed by atoms with E-state index in [4.69, 9.17) is 4.74 Å². The lowest BCUT2D eigenvalue weighted by Crippen LogP contribution is -2.20. The summed E-state index contributed by atoms with van der Waals surface area (Å²) < 4.78 is 5.52. The third-order valence-electron chi connectivity index (χ3n) is 2.17. The fourth-order valence-corrected chi connectivity index (χ4v) is 2.04. The molecule has 1 N–H and O–H groups in total. The predicted octanol–water partition coefficient (Wildman–Crippen LogP) is 2.01. The molecule has 0 saturated carbocycles. The van der Waals surface area contributed by atoms with Gasteiger partial charge in [-0.3, -0.25) is 0 Å². The molecule has 0 aliphatic heterocycles. The molecule has 0 unspecified atom stereocenters. The van der Waals surface area contributed by atoms with E-state index in [9.17, 15) is 0 Å². The first kappa shape index (κ1) is 12.6. The molecule has 0 aliphatic carbocycles. The third-order valence-corrected chi connectivity index (χ3v) is 3.16. The summed E-state index contributed by atoms with van der Waals surface area (Å²) in [7, 11) is 0. The molecular weight excluding hydrogens is 208 g/mol. The van der Waals surface area contributed by atoms with E-state index in [1.165, 1.54) is 11.3 Å². The zero-order valence-corrected chi connectivity index (χ0v) is 10.4. The highest BCUT2D eigenvalue weighted by molar-refractivity contribution is 7.09. The van der Waals surface area contributed by atoms with Gasteiger partial charge in [0.05, 0.1) is 24.4 Å². The van der Waals surface area contributed by atoms with Gasteiger partial charge in [0, 0.05) is 17.8 Å². The fraction of sp³-hybridized carbons (Fsp3) is 0.727. The van der Waals surface area contributed by atoms with Crippen LogP contribution in [0.3, 0.4) is 0 Å². The van der Waals surface area contributed by atoms with Crippen molar-refractivity contribution >= 4 is 11.3 Å². The minimum atomic E-state index is 0.802. The maximum atomic E-state index is 5.52. The Bertz CT molecular complexity index is 263. The standard InChI is InChI=1S/C11H20N2OS/c1-3-5-12-6-8-14-7-4-11-10(2)13-9-15-11/h9,12H,3-8H2,1-2H3. The number of ether oxygens (including phenoxy) is 1. The van der Waals surface area contributed by atoms with Crippen LogP contribution >= 0.6 is 11.3 Å². The Hall–Kier alpha value is -0.450. The molecule has 0 amide bonds. The summed E-state index contributed by atoms with van der Waals surface area (Å²) in [5.74, 6) is 0. The van der Waals surface area contributed by atoms with Crippen LogP contribution in [0, 0.1) is 6.92 Å². The summed E-state index contributed by atoms with van der Waals surface area (Å²) in [5, 5.41) is 3.31. The van der Waals surface area contributed by atoms with Crippen LogP contribution in [0.2, 0.25) is 0 Å². The van der Waals surface area contributed by atoms with Gasteiger partial charge in [0.15, 0.2) is 0 Å². The summed E-state index contributed by atoms with van der Waals surface area (Å²) in [4.78, 5) is 5.55. The highest BCUT2D eigenvalue weighted by Crippen LogP contribution is 2.12. The molecule has 4 heteroatoms. The maximum absolute atomic E-state index is 5.52. The minimum Gasteiger partial charge on any atom is -0.380 e. The molecule has 0 bridgehead atoms. The van der Waals surface area contributed by atoms with Gasteiger partial charge in [0.2, 0.25) is 0 Å². The van der Waals surface area contributed by atoms with E-state index in [1.807, 2.05) is 5.51 Å². The second kappa shape index (κ2) is 7.79. The lowest BCUT2D eigenvalue weighted by molar-refractivity contribution is 0.139. The first-order valence-corrected chi connectivity index (χ1v) is 6.40. The molecule has 0 radical (unpaired) electrons. The summed E-state index contributed by atoms with van der Waals surface area (Å²) in [6, 6.07) is 0. The van der Waals surface area contributed by atoms with E-state index in [2.05, 4.69) is 24.1 Å². The van der Waals surface area contributed by atoms with Crippen molar-refractivity contribution < 1.29 is 4.74 Å². The van der Waals surface area contributed by atoms with Crippen molar-refractivity contribution in [1.82, 2.24) is 10.3 Å². The van der Waals surface area contributed by atoms with Gasteiger partial charge in [-0.1, -0.05) is 6.92 Å². The molecule has 1 rings (SSSR count). The molecule has 1 heterocycles. The Kier molecular flexibility index (Phi) is 6.55. The maximum Gasteiger partial charge on any atom is 0.0797 e. The van der Waals surface area contributed by atoms with Crippen LogP contribution < -0.4 is 5.32 Å². The van der Waals surface area contributed by atoms with Crippen LogP contribution in [-0.2, 0) is 11.2 Å². The van der Waals surface area contributed by atoms with Crippen LogP contribution in [0.4, 0.5) is 0 Å². The summed E-state index contributed by atoms with van der Waals surface area (Å²) >= 11 is 1.71. The predicted molar refractivity (Wildman–Crippen MR) is 64.5 cm³/mol. The number of hydrogen-bond donors (Lipinski definition) is 1. The van der Waals surface area contributed by atoms with E-state index in [1.54, 1.807) is 11.3 Å². The molecular formula is C11H20N2OS. The van der Waals surface area contributed by atoms with Crippen molar-refractivity contribution in [3.8, 4) is 0 Å². The molecule has 0 atom stereocenters. The van der Waals surface area contributed by atoms with Crippen LogP contribution in [0.5, 0.6) is 0 Å². The second-order valence-electron chi connectivity index (χ2n) is 3.47. The van der Waals surface area contributed by atoms with Gasteiger partial charge in [-0.05, 0) is 19.9 Å². The molecule has 3 nitrogen and oxygen atoms in total. The molecule has 0 aromatic carbocycles. The van der Waals surface area contributed by atoms with Gasteiger partial charge >= 0.3 is 0 Å². The van der Waals surface area contributed by atoms with Gasteiger partial charge in [-0.25, -0.2) is 4.98 Å². The topological polar surface area (TPSA) is 34.1 Å². The Balaban J connectivity index is 1.96. The highest BCUT2D eigenvalue weighted by Gasteiger charge is 2.00. The fourth-order valence-electron chi connectivity index (χ4n) is 1.28. The van der Waals surface area contributed by atoms with Gasteiger partial charge in [0.25, 0.3) is 0 Å². The molecule has 0 spiro atoms. The first-order valence-electron chi connectivity index (χ1n) is 5.52. The summed E-state index contributed by atoms with van der Waals surface area (Å²) in [5.41, 5.74) is 3.04. The quantitative estimate of drug-likeness (QED) is 0.691. The van der Waals surface area contributed by atoms with Gasteiger partial charge in [0.1, 0.15) is 0 Å². The number of aromatic nitrogens is 1. The Morgan fingerprint density at radius 3 is 2.93 bits per heavy atom. The average molecular weight is 228 g/mol. The Morgan fingerprint density at radius 2 is 2.27 bits per heavy atom. The molecule has 1 aromatic heterocycles. The number of nitrogens with one attached hydrogen (secondary N) is 1. The normalized spacial score (nSPS) is 10.8. The van der Waals surface area contributed by atoms with Crippen molar-refractivity contribution in [2.75, 3.05) is 26.3 Å². The third kappa shape index (κ3) is 5.25. The van der Waals surface area contributed by atoms with Crippen LogP contribution in [0.15, 0.2) is 5.51 Å². The van der Waals surface area contributed by atoms with Gasteiger partial charge in [-0.15, -0.1) is 11.3 Å². The molecule has 0 fully saturated rings. The van der Waals surface area contributed by atoms with Gasteiger partial charge in [-0.2, -0.15) is 0 Å². The van der Waals surface area contributed by atoms with E-state index in [0.717, 1.165) is 38.4 Å². The van der Waals surface area contributed by atoms with Crippen LogP contribution in [0.25, 0.3) is 0 Å². The molecule has 1 aromatic rings. The van der Waals surface area contributed by atoms with E-state index >= 15 is 0 Å². The SMILES string of the molecule is CCCNCCOCCc1scnc1C. The smallest absolute Gasteiger partial charge is 0.0797 e. The molecule has 15 heavy (non-hydrogen) atoms. The molecule has 0 aliphatic rings. The van der Waals surface area contributed by atoms with Crippen molar-refractivity contribution in [3.63, 3.8) is 0 Å². The average Bonchev–Trinajstić information content (AvgIpc) is 2.63. The number of thiazole rings is 1. The minimum absolute atomic E-state index is 0.802. The molecule has 0 saturated heterocycles. The highest BCUT2D eigenvalue weighted by atomic mass is 32.1. The number of aryl methyl sites for hydroxylation is 1. The van der Waals surface area contributed by atoms with E-state index in [-0.39, 0.29) is 0 Å². The zero-order chi connectivity index (χ0) is 10.9. The first-order chi connectivity index (χ1) is 7.34. The lowest BCUT2D eigenvalue weighted by atomic mass is 10.3. The van der Waals surface area contributed by atoms with Gasteiger partial charge < -0.3 is 10.1 Å². The molecule has 86 valence electrons. The van der Waals surface area contributed by atoms with E-state index in [0.29, 0.717) is 0 Å². The van der Waals surface area contributed by atoms with Crippen molar-refractivity contribution in [2.45, 2.75) is 26.7 Å². The summed E-state index contributed by atoms with van der Waals surface area (Å²) in [6.07, 6.45) is 2.17. The lowest BCUT2D eigenvalue weighted by Gasteiger charge is -2.04. The van der Waals surface area contributed by atoms with Crippen molar-refractivity contribution in [2.24, 2.45) is 0 Å². The zero-order valence-electron chi connectivity index (χ0n) is 9.58. The number of hydrogen-bond acceptors (Lipinski definition) is 4. The largest absolute Gasteiger partial charge is 0.380 e. The number of nitrogens with zero attached hydrogens (tertiary/aromatic N) is 1. The Labute approximate surface area is 95.9 Å². The van der Waals surface area contributed by atoms with Crippen molar-refractivity contribution in [1.29, 1.82) is 0 Å². The van der Waals surface area contributed by atoms with Crippen LogP contribution in [-0.4, -0.2) is 31.3 Å². The van der Waals surface area contributed by atoms with E-state index < -0.39 is 0 Å². The van der Waals surface area contributed by atoms with Crippen LogP contribution in [0.1, 0.15) is 23.9 Å². The Morgan fingerprint density at radius 1 is 1.40 bits per heavy atom. The van der Waals surface area contributed by atoms with Crippen molar-refractivity contribution in [3.05, 3.63) is 16.1 Å².